The molecule has 4 nitrogen and oxygen atoms in total. The zero-order valence-electron chi connectivity index (χ0n) is 13.2. The maximum atomic E-state index is 13.6. The highest BCUT2D eigenvalue weighted by Gasteiger charge is 2.41. The Morgan fingerprint density at radius 2 is 1.96 bits per heavy atom. The van der Waals surface area contributed by atoms with Crippen LogP contribution in [0.15, 0.2) is 48.5 Å². The van der Waals surface area contributed by atoms with Gasteiger partial charge < -0.3 is 15.5 Å². The van der Waals surface area contributed by atoms with E-state index in [1.165, 1.54) is 19.1 Å². The van der Waals surface area contributed by atoms with Gasteiger partial charge in [0.05, 0.1) is 11.1 Å². The highest BCUT2D eigenvalue weighted by molar-refractivity contribution is 6.30. The molecule has 0 radical (unpaired) electrons. The van der Waals surface area contributed by atoms with Gasteiger partial charge >= 0.3 is 5.97 Å². The van der Waals surface area contributed by atoms with Crippen LogP contribution in [0, 0.1) is 11.2 Å². The maximum absolute atomic E-state index is 13.6. The fourth-order valence-electron chi connectivity index (χ4n) is 2.40. The van der Waals surface area contributed by atoms with E-state index in [9.17, 15) is 19.4 Å². The minimum atomic E-state index is -1.52. The number of hydrogen-bond donors (Lipinski definition) is 3. The number of benzene rings is 2. The van der Waals surface area contributed by atoms with Crippen LogP contribution in [0.3, 0.4) is 0 Å². The maximum Gasteiger partial charge on any atom is 0.313 e. The fraction of sp³-hybridized carbons (Fsp3) is 0.278. The van der Waals surface area contributed by atoms with Gasteiger partial charge in [-0.05, 0) is 30.2 Å². The summed E-state index contributed by atoms with van der Waals surface area (Å²) < 4.78 is 13.6. The smallest absolute Gasteiger partial charge is 0.313 e. The van der Waals surface area contributed by atoms with Gasteiger partial charge in [0.1, 0.15) is 11.2 Å². The number of hydrogen-bond acceptors (Lipinski definition) is 3. The van der Waals surface area contributed by atoms with E-state index in [0.29, 0.717) is 6.54 Å². The fourth-order valence-corrected chi connectivity index (χ4v) is 2.52. The predicted octanol–water partition coefficient (Wildman–Crippen LogP) is 3.39. The average molecular weight is 352 g/mol. The van der Waals surface area contributed by atoms with Crippen molar-refractivity contribution in [1.29, 1.82) is 0 Å². The largest absolute Gasteiger partial charge is 0.481 e. The lowest BCUT2D eigenvalue weighted by atomic mass is 9.80. The minimum Gasteiger partial charge on any atom is -0.481 e. The van der Waals surface area contributed by atoms with Crippen molar-refractivity contribution in [1.82, 2.24) is 5.32 Å². The van der Waals surface area contributed by atoms with Gasteiger partial charge in [0, 0.05) is 13.1 Å². The summed E-state index contributed by atoms with van der Waals surface area (Å²) in [6, 6.07) is 13.3. The number of halogens is 2. The summed E-state index contributed by atoms with van der Waals surface area (Å²) in [5, 5.41) is 23.0. The van der Waals surface area contributed by atoms with E-state index in [-0.39, 0.29) is 17.1 Å². The topological polar surface area (TPSA) is 69.6 Å². The number of aliphatic hydroxyl groups is 1. The first-order valence-electron chi connectivity index (χ1n) is 7.45. The van der Waals surface area contributed by atoms with E-state index >= 15 is 0 Å². The molecular formula is C18H19ClFNO3. The Bertz CT molecular complexity index is 711. The van der Waals surface area contributed by atoms with Gasteiger partial charge in [-0.1, -0.05) is 48.0 Å². The van der Waals surface area contributed by atoms with Crippen LogP contribution in [0.2, 0.25) is 5.02 Å². The van der Waals surface area contributed by atoms with Crippen molar-refractivity contribution >= 4 is 17.6 Å². The zero-order chi connectivity index (χ0) is 17.7. The quantitative estimate of drug-likeness (QED) is 0.715. The number of rotatable bonds is 7. The van der Waals surface area contributed by atoms with Crippen LogP contribution in [-0.2, 0) is 11.3 Å². The SMILES string of the molecule is CC(CNCc1ccccc1)(C(=O)O)C(O)c1ccc(Cl)c(F)c1. The average Bonchev–Trinajstić information content (AvgIpc) is 2.57. The monoisotopic (exact) mass is 351 g/mol. The van der Waals surface area contributed by atoms with Gasteiger partial charge in [-0.2, -0.15) is 0 Å². The van der Waals surface area contributed by atoms with Crippen LogP contribution < -0.4 is 5.32 Å². The standard InChI is InChI=1S/C18H19ClFNO3/c1-18(17(23)24,11-21-10-12-5-3-2-4-6-12)16(22)13-7-8-14(19)15(20)9-13/h2-9,16,21-22H,10-11H2,1H3,(H,23,24). The zero-order valence-corrected chi connectivity index (χ0v) is 13.9. The Morgan fingerprint density at radius 3 is 2.54 bits per heavy atom. The van der Waals surface area contributed by atoms with E-state index in [4.69, 9.17) is 11.6 Å². The lowest BCUT2D eigenvalue weighted by molar-refractivity contribution is -0.155. The first kappa shape index (κ1) is 18.4. The van der Waals surface area contributed by atoms with Crippen LogP contribution in [0.5, 0.6) is 0 Å². The van der Waals surface area contributed by atoms with Gasteiger partial charge in [-0.15, -0.1) is 0 Å². The van der Waals surface area contributed by atoms with E-state index in [1.807, 2.05) is 30.3 Å². The lowest BCUT2D eigenvalue weighted by Gasteiger charge is -2.31. The Kier molecular flexibility index (Phi) is 5.94. The third-order valence-electron chi connectivity index (χ3n) is 4.02. The van der Waals surface area contributed by atoms with Crippen molar-refractivity contribution in [3.8, 4) is 0 Å². The van der Waals surface area contributed by atoms with Gasteiger partial charge in [0.2, 0.25) is 0 Å². The molecule has 0 fully saturated rings. The van der Waals surface area contributed by atoms with Crippen LogP contribution >= 0.6 is 11.6 Å². The van der Waals surface area contributed by atoms with Crippen molar-refractivity contribution in [2.75, 3.05) is 6.54 Å². The Balaban J connectivity index is 2.13. The first-order valence-corrected chi connectivity index (χ1v) is 7.83. The number of aliphatic hydroxyl groups excluding tert-OH is 1. The molecule has 0 spiro atoms. The minimum absolute atomic E-state index is 0.0165. The molecule has 0 aliphatic heterocycles. The Hall–Kier alpha value is -1.95. The second-order valence-electron chi connectivity index (χ2n) is 5.89. The van der Waals surface area contributed by atoms with Gasteiger partial charge in [0.25, 0.3) is 0 Å². The molecule has 2 unspecified atom stereocenters. The van der Waals surface area contributed by atoms with Gasteiger partial charge in [0.15, 0.2) is 0 Å². The molecule has 0 aliphatic carbocycles. The predicted molar refractivity (Wildman–Crippen MR) is 90.3 cm³/mol. The summed E-state index contributed by atoms with van der Waals surface area (Å²) in [6.07, 6.45) is -1.38. The third kappa shape index (κ3) is 4.12. The second kappa shape index (κ2) is 7.75. The van der Waals surface area contributed by atoms with Crippen molar-refractivity contribution in [2.24, 2.45) is 5.41 Å². The molecule has 3 N–H and O–H groups in total. The summed E-state index contributed by atoms with van der Waals surface area (Å²) in [6.45, 7) is 1.90. The van der Waals surface area contributed by atoms with E-state index in [1.54, 1.807) is 0 Å². The molecule has 2 atom stereocenters. The second-order valence-corrected chi connectivity index (χ2v) is 6.30. The lowest BCUT2D eigenvalue weighted by Crippen LogP contribution is -2.43. The van der Waals surface area contributed by atoms with E-state index < -0.39 is 23.3 Å². The number of aliphatic carboxylic acids is 1. The molecule has 128 valence electrons. The molecule has 0 saturated heterocycles. The molecule has 0 amide bonds. The number of carboxylic acids is 1. The number of carboxylic acid groups (broad SMARTS) is 1. The molecular weight excluding hydrogens is 333 g/mol. The van der Waals surface area contributed by atoms with Crippen LogP contribution in [0.1, 0.15) is 24.2 Å². The molecule has 2 rings (SSSR count). The third-order valence-corrected chi connectivity index (χ3v) is 4.32. The van der Waals surface area contributed by atoms with Crippen LogP contribution in [0.4, 0.5) is 4.39 Å². The number of carbonyl (C=O) groups is 1. The van der Waals surface area contributed by atoms with Crippen LogP contribution in [-0.4, -0.2) is 22.7 Å². The summed E-state index contributed by atoms with van der Waals surface area (Å²) in [5.74, 6) is -1.87. The van der Waals surface area contributed by atoms with Gasteiger partial charge in [-0.3, -0.25) is 4.79 Å². The molecule has 2 aromatic carbocycles. The number of nitrogens with one attached hydrogen (secondary N) is 1. The molecule has 6 heteroatoms. The molecule has 2 aromatic rings. The van der Waals surface area contributed by atoms with Crippen molar-refractivity contribution in [2.45, 2.75) is 19.6 Å². The van der Waals surface area contributed by atoms with Crippen molar-refractivity contribution in [3.63, 3.8) is 0 Å². The van der Waals surface area contributed by atoms with Gasteiger partial charge in [-0.25, -0.2) is 4.39 Å². The Labute approximate surface area is 144 Å². The molecule has 0 heterocycles. The van der Waals surface area contributed by atoms with E-state index in [0.717, 1.165) is 11.6 Å². The molecule has 0 aromatic heterocycles. The Morgan fingerprint density at radius 1 is 1.29 bits per heavy atom. The molecule has 24 heavy (non-hydrogen) atoms. The van der Waals surface area contributed by atoms with Crippen LogP contribution in [0.25, 0.3) is 0 Å². The van der Waals surface area contributed by atoms with Crippen molar-refractivity contribution in [3.05, 3.63) is 70.5 Å². The highest BCUT2D eigenvalue weighted by atomic mass is 35.5. The molecule has 0 saturated carbocycles. The molecule has 0 bridgehead atoms. The summed E-state index contributed by atoms with van der Waals surface area (Å²) >= 11 is 5.63. The normalized spacial score (nSPS) is 14.8. The highest BCUT2D eigenvalue weighted by Crippen LogP contribution is 2.35. The summed E-state index contributed by atoms with van der Waals surface area (Å²) in [4.78, 5) is 11.7. The van der Waals surface area contributed by atoms with E-state index in [2.05, 4.69) is 5.32 Å². The first-order chi connectivity index (χ1) is 11.3. The molecule has 0 aliphatic rings. The van der Waals surface area contributed by atoms with Crippen molar-refractivity contribution < 1.29 is 19.4 Å². The summed E-state index contributed by atoms with van der Waals surface area (Å²) in [5.41, 5.74) is -0.352. The summed E-state index contributed by atoms with van der Waals surface area (Å²) in [7, 11) is 0.